The molecule has 8 aromatic carbocycles. The summed E-state index contributed by atoms with van der Waals surface area (Å²) in [6, 6.07) is 20.2. The number of carbonyl (C=O) groups is 4. The number of fused-ring (bicyclic) bond motifs is 6. The quantitative estimate of drug-likeness (QED) is 0.0150. The van der Waals surface area contributed by atoms with Gasteiger partial charge in [0.2, 0.25) is 43.3 Å². The van der Waals surface area contributed by atoms with E-state index in [2.05, 4.69) is 21.3 Å². The molecule has 0 spiro atoms. The number of methoxy groups -OCH3 is 8. The van der Waals surface area contributed by atoms with Crippen molar-refractivity contribution in [1.82, 2.24) is 0 Å². The van der Waals surface area contributed by atoms with Crippen LogP contribution in [0, 0.1) is 0 Å². The number of benzene rings is 8. The van der Waals surface area contributed by atoms with Crippen LogP contribution in [0.4, 0.5) is 22.7 Å². The van der Waals surface area contributed by atoms with Gasteiger partial charge in [0, 0.05) is 57.2 Å². The number of halogens is 4. The van der Waals surface area contributed by atoms with Crippen LogP contribution in [-0.2, 0) is 75.2 Å². The zero-order chi connectivity index (χ0) is 86.9. The summed E-state index contributed by atoms with van der Waals surface area (Å²) in [5, 5.41) is 7.98. The van der Waals surface area contributed by atoms with Crippen LogP contribution in [0.15, 0.2) is 141 Å². The maximum Gasteiger partial charge on any atom is 1.00 e. The molecule has 120 heavy (non-hydrogen) atoms. The molecule has 4 unspecified atom stereocenters. The number of sulfone groups is 2. The first-order valence-corrected chi connectivity index (χ1v) is 45.2. The minimum Gasteiger partial charge on any atom is -0.775 e. The molecule has 2 aliphatic heterocycles. The van der Waals surface area contributed by atoms with Crippen molar-refractivity contribution in [2.75, 3.05) is 105 Å². The van der Waals surface area contributed by atoms with E-state index in [-0.39, 0.29) is 151 Å². The Morgan fingerprint density at radius 1 is 0.358 bits per heavy atom. The Hall–Kier alpha value is -7.34. The third-order valence-electron chi connectivity index (χ3n) is 17.3. The Kier molecular flexibility index (Phi) is 34.8. The van der Waals surface area contributed by atoms with Gasteiger partial charge in [-0.3, -0.25) is 28.3 Å². The van der Waals surface area contributed by atoms with E-state index in [0.717, 1.165) is 72.8 Å². The van der Waals surface area contributed by atoms with E-state index in [9.17, 15) is 73.8 Å². The monoisotopic (exact) mass is 1860 g/mol. The third kappa shape index (κ3) is 21.5. The summed E-state index contributed by atoms with van der Waals surface area (Å²) in [6.45, 7) is 4.61. The van der Waals surface area contributed by atoms with Crippen molar-refractivity contribution in [3.8, 4) is 68.2 Å². The number of hydrogen-bond donors (Lipinski definition) is 6. The van der Waals surface area contributed by atoms with E-state index in [0.29, 0.717) is 45.3 Å². The van der Waals surface area contributed by atoms with Crippen LogP contribution in [-0.4, -0.2) is 134 Å². The largest absolute Gasteiger partial charge is 1.00 e. The first-order chi connectivity index (χ1) is 55.8. The van der Waals surface area contributed by atoms with Crippen LogP contribution in [0.2, 0.25) is 20.1 Å². The van der Waals surface area contributed by atoms with Crippen molar-refractivity contribution in [1.29, 1.82) is 0 Å². The smallest absolute Gasteiger partial charge is 0.775 e. The first-order valence-electron chi connectivity index (χ1n) is 34.5. The molecule has 44 heteroatoms. The molecule has 0 aromatic heterocycles. The molecule has 0 saturated heterocycles. The molecular formula is C76H74Cl4N4Na2O28P4S2. The van der Waals surface area contributed by atoms with Gasteiger partial charge in [0.05, 0.1) is 156 Å². The standard InChI is InChI=1S/2C38H38Cl2N2O14P2S.2Na/c2*1-7-55-57(45,46)29-17-23-24-18-30(58(47,48)56-8-2)26(42-34(44)16-12-22-10-14-28(52-4)38(54-6)36(22)40)20-32(24)59(49,50)31(23)19-25(29)41-33(43)15-11-21-9-13-27(51-3)37(53-5)35(21)39;;/h2*9-20H,7-8H2,1-6H3,(H,41,43)(H,42,44)(H,45,46)(H,47,48);;/q;;2*+1/p-2. The van der Waals surface area contributed by atoms with Gasteiger partial charge in [0.25, 0.3) is 0 Å². The van der Waals surface area contributed by atoms with Crippen molar-refractivity contribution < 1.29 is 189 Å². The average molecular weight is 1870 g/mol. The Labute approximate surface area is 754 Å². The van der Waals surface area contributed by atoms with Gasteiger partial charge in [-0.2, -0.15) is 0 Å². The van der Waals surface area contributed by atoms with Crippen molar-refractivity contribution in [3.63, 3.8) is 0 Å². The van der Waals surface area contributed by atoms with Gasteiger partial charge in [0.1, 0.15) is 0 Å². The summed E-state index contributed by atoms with van der Waals surface area (Å²) in [7, 11) is -17.5. The van der Waals surface area contributed by atoms with E-state index in [1.807, 2.05) is 0 Å². The molecule has 2 heterocycles. The minimum atomic E-state index is -5.01. The number of hydrogen-bond acceptors (Lipinski definition) is 26. The summed E-state index contributed by atoms with van der Waals surface area (Å²) in [5.74, 6) is -1.33. The van der Waals surface area contributed by atoms with Crippen molar-refractivity contribution in [2.45, 2.75) is 47.3 Å². The molecule has 32 nitrogen and oxygen atoms in total. The molecule has 0 bridgehead atoms. The summed E-state index contributed by atoms with van der Waals surface area (Å²) in [6.07, 6.45) is 9.45. The second-order valence-corrected chi connectivity index (χ2v) is 36.6. The number of rotatable bonds is 32. The van der Waals surface area contributed by atoms with Gasteiger partial charge in [-0.05, 0) is 171 Å². The number of carbonyl (C=O) groups excluding carboxylic acids is 4. The molecule has 4 amide bonds. The number of anilines is 4. The predicted octanol–water partition coefficient (Wildman–Crippen LogP) is 6.42. The summed E-state index contributed by atoms with van der Waals surface area (Å²) < 4.78 is 173. The zero-order valence-corrected chi connectivity index (χ0v) is 78.5. The molecule has 0 saturated carbocycles. The Morgan fingerprint density at radius 2 is 0.567 bits per heavy atom. The molecule has 4 atom stereocenters. The Balaban J connectivity index is 0.000000325. The number of amides is 4. The maximum atomic E-state index is 14.2. The maximum absolute atomic E-state index is 14.2. The molecule has 10 rings (SSSR count). The molecule has 6 N–H and O–H groups in total. The van der Waals surface area contributed by atoms with E-state index < -0.39 is 137 Å². The van der Waals surface area contributed by atoms with Crippen LogP contribution in [0.5, 0.6) is 46.0 Å². The molecule has 0 aliphatic carbocycles. The topological polar surface area (TPSA) is 450 Å². The van der Waals surface area contributed by atoms with Gasteiger partial charge in [-0.15, -0.1) is 0 Å². The molecule has 0 radical (unpaired) electrons. The molecule has 2 aliphatic rings. The van der Waals surface area contributed by atoms with Gasteiger partial charge in [0.15, 0.2) is 61.2 Å². The van der Waals surface area contributed by atoms with E-state index >= 15 is 0 Å². The number of ether oxygens (including phenoxy) is 8. The summed E-state index contributed by atoms with van der Waals surface area (Å²) in [4.78, 5) is 100. The second-order valence-electron chi connectivity index (χ2n) is 24.3. The zero-order valence-electron chi connectivity index (χ0n) is 66.3. The minimum absolute atomic E-state index is 0. The van der Waals surface area contributed by atoms with Gasteiger partial charge < -0.3 is 106 Å². The van der Waals surface area contributed by atoms with Gasteiger partial charge in [-0.1, -0.05) is 46.4 Å². The molecule has 0 fully saturated rings. The second kappa shape index (κ2) is 41.9. The van der Waals surface area contributed by atoms with E-state index in [1.54, 1.807) is 48.5 Å². The van der Waals surface area contributed by atoms with Crippen LogP contribution in [0.3, 0.4) is 0 Å². The van der Waals surface area contributed by atoms with Crippen LogP contribution < -0.4 is 149 Å². The summed E-state index contributed by atoms with van der Waals surface area (Å²) >= 11 is 25.7. The van der Waals surface area contributed by atoms with E-state index in [4.69, 9.17) is 102 Å². The predicted molar refractivity (Wildman–Crippen MR) is 443 cm³/mol. The fourth-order valence-corrected chi connectivity index (χ4v) is 21.4. The third-order valence-corrected chi connectivity index (χ3v) is 28.8. The first kappa shape index (κ1) is 99.8. The average Bonchev–Trinajstić information content (AvgIpc) is 1.56. The summed E-state index contributed by atoms with van der Waals surface area (Å²) in [5.41, 5.74) is -1.11. The Morgan fingerprint density at radius 3 is 0.767 bits per heavy atom. The van der Waals surface area contributed by atoms with Gasteiger partial charge in [-0.25, -0.2) is 16.8 Å². The normalized spacial score (nSPS) is 14.6. The van der Waals surface area contributed by atoms with Crippen LogP contribution >= 0.6 is 76.8 Å². The van der Waals surface area contributed by atoms with E-state index in [1.165, 1.54) is 109 Å². The molecule has 8 aromatic rings. The van der Waals surface area contributed by atoms with Gasteiger partial charge >= 0.3 is 74.3 Å². The fourth-order valence-electron chi connectivity index (χ4n) is 12.0. The van der Waals surface area contributed by atoms with Crippen LogP contribution in [0.1, 0.15) is 49.9 Å². The SMILES string of the molecule is CCOP(=O)([O-])c1cc2c(cc1NC(=O)C=Cc1ccc(OC)c(OC)c1Cl)S(=O)(=O)c1cc(NC(=O)C=Cc3ccc(OC)c(OC)c3Cl)c(P(=O)(O)OCC)cc1-2.CCOP(=O)([O-])c1cc2c(cc1NC(=O)C=Cc1ccc(OC)c(OC)c1Cl)S(=O)(=O)c1cc(NC(=O)C=Cc3ccc(OC)c(OC)c3Cl)c(P(=O)(O)OCC)cc1-2.[Na+].[Na+]. The van der Waals surface area contributed by atoms with Crippen molar-refractivity contribution in [3.05, 3.63) is 164 Å². The fraction of sp³-hybridized carbons (Fsp3) is 0.211. The van der Waals surface area contributed by atoms with Crippen molar-refractivity contribution in [2.24, 2.45) is 0 Å². The Bertz CT molecular complexity index is 5260. The number of nitrogens with one attached hydrogen (secondary N) is 4. The molecule has 628 valence electrons. The van der Waals surface area contributed by atoms with Crippen LogP contribution in [0.25, 0.3) is 46.6 Å². The molecular weight excluding hydrogens is 1790 g/mol. The van der Waals surface area contributed by atoms with Crippen molar-refractivity contribution >= 4 is 188 Å².